The number of nitrogens with zero attached hydrogens (tertiary/aromatic N) is 1. The van der Waals surface area contributed by atoms with Crippen LogP contribution in [0.3, 0.4) is 0 Å². The summed E-state index contributed by atoms with van der Waals surface area (Å²) in [6.07, 6.45) is 1.90. The number of benzene rings is 2. The van der Waals surface area contributed by atoms with Gasteiger partial charge in [0.15, 0.2) is 0 Å². The largest absolute Gasteiger partial charge is 0.508 e. The molecule has 2 atom stereocenters. The van der Waals surface area contributed by atoms with Gasteiger partial charge < -0.3 is 14.9 Å². The van der Waals surface area contributed by atoms with Crippen molar-refractivity contribution < 1.29 is 14.9 Å². The molecule has 0 saturated carbocycles. The molecule has 0 spiro atoms. The lowest BCUT2D eigenvalue weighted by Crippen LogP contribution is -2.44. The van der Waals surface area contributed by atoms with Crippen molar-refractivity contribution in [3.05, 3.63) is 48.0 Å². The first-order chi connectivity index (χ1) is 11.2. The number of fused-ring (bicyclic) bond motifs is 1. The van der Waals surface area contributed by atoms with Gasteiger partial charge in [-0.05, 0) is 55.3 Å². The van der Waals surface area contributed by atoms with Crippen molar-refractivity contribution in [3.63, 3.8) is 0 Å². The number of phenolic OH excluding ortho intramolecular Hbond substituents is 1. The van der Waals surface area contributed by atoms with Crippen LogP contribution in [0.25, 0.3) is 11.1 Å². The fourth-order valence-corrected chi connectivity index (χ4v) is 3.62. The molecule has 4 nitrogen and oxygen atoms in total. The molecule has 2 aromatic rings. The number of hydrogen-bond acceptors (Lipinski definition) is 4. The van der Waals surface area contributed by atoms with Gasteiger partial charge in [0, 0.05) is 5.56 Å². The fourth-order valence-electron chi connectivity index (χ4n) is 3.62. The number of aliphatic hydroxyl groups excluding tert-OH is 1. The Labute approximate surface area is 135 Å². The Morgan fingerprint density at radius 3 is 2.57 bits per heavy atom. The summed E-state index contributed by atoms with van der Waals surface area (Å²) in [4.78, 5) is 2.33. The van der Waals surface area contributed by atoms with Crippen molar-refractivity contribution in [1.29, 1.82) is 0 Å². The number of phenols is 1. The second-order valence-electron chi connectivity index (χ2n) is 6.37. The Hall–Kier alpha value is -2.04. The third-order valence-electron chi connectivity index (χ3n) is 4.90. The molecule has 0 radical (unpaired) electrons. The lowest BCUT2D eigenvalue weighted by atomic mass is 9.95. The Morgan fingerprint density at radius 1 is 1.00 bits per heavy atom. The molecule has 0 aromatic heterocycles. The fraction of sp³-hybridized carbons (Fsp3) is 0.368. The number of aliphatic hydroxyl groups is 1. The average Bonchev–Trinajstić information content (AvgIpc) is 3.09. The van der Waals surface area contributed by atoms with Crippen molar-refractivity contribution in [3.8, 4) is 22.6 Å². The Balaban J connectivity index is 1.63. The molecule has 4 rings (SSSR count). The van der Waals surface area contributed by atoms with Gasteiger partial charge in [0.1, 0.15) is 24.2 Å². The first-order valence-electron chi connectivity index (χ1n) is 8.20. The van der Waals surface area contributed by atoms with Crippen LogP contribution in [0, 0.1) is 0 Å². The van der Waals surface area contributed by atoms with E-state index in [1.54, 1.807) is 12.1 Å². The standard InChI is InChI=1S/C19H21NO3/c21-15-5-3-4-13(10-15)14-6-7-16-18(11-14)23-12-17(19(16)22)20-8-1-2-9-20/h3-7,10-11,17,19,21-22H,1-2,8-9,12H2/t17-,19-/m1/s1. The zero-order valence-corrected chi connectivity index (χ0v) is 13.0. The monoisotopic (exact) mass is 311 g/mol. The molecule has 2 heterocycles. The molecule has 0 unspecified atom stereocenters. The van der Waals surface area contributed by atoms with Crippen LogP contribution in [0.1, 0.15) is 24.5 Å². The normalized spacial score (nSPS) is 24.2. The van der Waals surface area contributed by atoms with Crippen LogP contribution in [0.2, 0.25) is 0 Å². The summed E-state index contributed by atoms with van der Waals surface area (Å²) in [7, 11) is 0. The second kappa shape index (κ2) is 5.87. The molecule has 4 heteroatoms. The zero-order chi connectivity index (χ0) is 15.8. The van der Waals surface area contributed by atoms with E-state index in [1.807, 2.05) is 30.3 Å². The van der Waals surface area contributed by atoms with Gasteiger partial charge in [-0.3, -0.25) is 4.90 Å². The Bertz CT molecular complexity index is 710. The van der Waals surface area contributed by atoms with Gasteiger partial charge in [-0.1, -0.05) is 24.3 Å². The summed E-state index contributed by atoms with van der Waals surface area (Å²) in [5.41, 5.74) is 2.77. The third-order valence-corrected chi connectivity index (χ3v) is 4.90. The maximum atomic E-state index is 10.7. The van der Waals surface area contributed by atoms with E-state index in [9.17, 15) is 10.2 Å². The minimum atomic E-state index is -0.505. The van der Waals surface area contributed by atoms with E-state index < -0.39 is 6.10 Å². The molecule has 1 saturated heterocycles. The molecule has 120 valence electrons. The lowest BCUT2D eigenvalue weighted by molar-refractivity contribution is 0.0140. The van der Waals surface area contributed by atoms with E-state index in [-0.39, 0.29) is 11.8 Å². The molecular weight excluding hydrogens is 290 g/mol. The van der Waals surface area contributed by atoms with Crippen molar-refractivity contribution in [2.75, 3.05) is 19.7 Å². The molecular formula is C19H21NO3. The van der Waals surface area contributed by atoms with Gasteiger partial charge in [0.2, 0.25) is 0 Å². The molecule has 0 bridgehead atoms. The highest BCUT2D eigenvalue weighted by molar-refractivity contribution is 5.67. The molecule has 0 aliphatic carbocycles. The summed E-state index contributed by atoms with van der Waals surface area (Å²) < 4.78 is 5.95. The number of likely N-dealkylation sites (tertiary alicyclic amines) is 1. The molecule has 23 heavy (non-hydrogen) atoms. The summed E-state index contributed by atoms with van der Waals surface area (Å²) in [5, 5.41) is 20.4. The lowest BCUT2D eigenvalue weighted by Gasteiger charge is -2.36. The summed E-state index contributed by atoms with van der Waals surface area (Å²) in [6.45, 7) is 2.61. The van der Waals surface area contributed by atoms with E-state index in [1.165, 1.54) is 12.8 Å². The third kappa shape index (κ3) is 2.69. The number of hydrogen-bond donors (Lipinski definition) is 2. The Kier molecular flexibility index (Phi) is 3.71. The minimum absolute atomic E-state index is 0.0524. The predicted molar refractivity (Wildman–Crippen MR) is 88.6 cm³/mol. The zero-order valence-electron chi connectivity index (χ0n) is 13.0. The molecule has 2 aliphatic heterocycles. The van der Waals surface area contributed by atoms with Crippen LogP contribution in [0.15, 0.2) is 42.5 Å². The van der Waals surface area contributed by atoms with Crippen LogP contribution < -0.4 is 4.74 Å². The van der Waals surface area contributed by atoms with Gasteiger partial charge >= 0.3 is 0 Å². The van der Waals surface area contributed by atoms with Gasteiger partial charge in [-0.15, -0.1) is 0 Å². The van der Waals surface area contributed by atoms with Crippen molar-refractivity contribution in [2.24, 2.45) is 0 Å². The predicted octanol–water partition coefficient (Wildman–Crippen LogP) is 2.95. The molecule has 2 aliphatic rings. The molecule has 2 aromatic carbocycles. The van der Waals surface area contributed by atoms with E-state index in [4.69, 9.17) is 4.74 Å². The number of aromatic hydroxyl groups is 1. The van der Waals surface area contributed by atoms with Gasteiger partial charge in [-0.25, -0.2) is 0 Å². The highest BCUT2D eigenvalue weighted by Gasteiger charge is 2.34. The summed E-state index contributed by atoms with van der Waals surface area (Å²) in [6, 6.07) is 13.1. The smallest absolute Gasteiger partial charge is 0.125 e. The Morgan fingerprint density at radius 2 is 1.78 bits per heavy atom. The second-order valence-corrected chi connectivity index (χ2v) is 6.37. The van der Waals surface area contributed by atoms with E-state index >= 15 is 0 Å². The van der Waals surface area contributed by atoms with Crippen LogP contribution in [0.4, 0.5) is 0 Å². The van der Waals surface area contributed by atoms with Crippen LogP contribution in [-0.4, -0.2) is 40.9 Å². The SMILES string of the molecule is Oc1cccc(-c2ccc3c(c2)OC[C@@H](N2CCCC2)[C@@H]3O)c1. The van der Waals surface area contributed by atoms with Crippen molar-refractivity contribution in [1.82, 2.24) is 4.90 Å². The quantitative estimate of drug-likeness (QED) is 0.895. The van der Waals surface area contributed by atoms with E-state index in [0.29, 0.717) is 6.61 Å². The molecule has 1 fully saturated rings. The number of rotatable bonds is 2. The van der Waals surface area contributed by atoms with Crippen molar-refractivity contribution >= 4 is 0 Å². The molecule has 2 N–H and O–H groups in total. The first-order valence-corrected chi connectivity index (χ1v) is 8.20. The van der Waals surface area contributed by atoms with Gasteiger partial charge in [0.05, 0.1) is 6.04 Å². The van der Waals surface area contributed by atoms with Gasteiger partial charge in [0.25, 0.3) is 0 Å². The van der Waals surface area contributed by atoms with E-state index in [2.05, 4.69) is 4.90 Å². The maximum absolute atomic E-state index is 10.7. The number of ether oxygens (including phenoxy) is 1. The maximum Gasteiger partial charge on any atom is 0.125 e. The minimum Gasteiger partial charge on any atom is -0.508 e. The molecule has 0 amide bonds. The highest BCUT2D eigenvalue weighted by Crippen LogP contribution is 2.38. The average molecular weight is 311 g/mol. The highest BCUT2D eigenvalue weighted by atomic mass is 16.5. The van der Waals surface area contributed by atoms with Crippen LogP contribution in [0.5, 0.6) is 11.5 Å². The van der Waals surface area contributed by atoms with Crippen LogP contribution >= 0.6 is 0 Å². The topological polar surface area (TPSA) is 52.9 Å². The van der Waals surface area contributed by atoms with Crippen molar-refractivity contribution in [2.45, 2.75) is 25.0 Å². The van der Waals surface area contributed by atoms with Crippen LogP contribution in [-0.2, 0) is 0 Å². The summed E-state index contributed by atoms with van der Waals surface area (Å²) >= 11 is 0. The van der Waals surface area contributed by atoms with E-state index in [0.717, 1.165) is 35.5 Å². The first kappa shape index (κ1) is 14.5. The summed E-state index contributed by atoms with van der Waals surface area (Å²) in [5.74, 6) is 0.990. The van der Waals surface area contributed by atoms with Gasteiger partial charge in [-0.2, -0.15) is 0 Å².